The van der Waals surface area contributed by atoms with Gasteiger partial charge in [-0.1, -0.05) is 31.1 Å². The molecule has 222 valence electrons. The topological polar surface area (TPSA) is 126 Å². The Bertz CT molecular complexity index is 1360. The number of ether oxygens (including phenoxy) is 1. The van der Waals surface area contributed by atoms with Gasteiger partial charge in [0.2, 0.25) is 5.01 Å². The van der Waals surface area contributed by atoms with Crippen molar-refractivity contribution in [2.45, 2.75) is 56.8 Å². The zero-order valence-electron chi connectivity index (χ0n) is 20.3. The monoisotopic (exact) mass is 624 g/mol. The number of rotatable bonds is 10. The van der Waals surface area contributed by atoms with Crippen molar-refractivity contribution in [2.24, 2.45) is 10.2 Å². The van der Waals surface area contributed by atoms with Gasteiger partial charge in [-0.05, 0) is 37.0 Å². The summed E-state index contributed by atoms with van der Waals surface area (Å²) < 4.78 is 130. The van der Waals surface area contributed by atoms with Crippen LogP contribution in [0.5, 0.6) is 0 Å². The summed E-state index contributed by atoms with van der Waals surface area (Å²) in [6.07, 6.45) is -8.21. The first kappa shape index (κ1) is 31.4. The van der Waals surface area contributed by atoms with E-state index in [4.69, 9.17) is 0 Å². The van der Waals surface area contributed by atoms with Crippen LogP contribution < -0.4 is 9.62 Å². The molecule has 1 aliphatic rings. The van der Waals surface area contributed by atoms with Crippen molar-refractivity contribution in [3.8, 4) is 0 Å². The van der Waals surface area contributed by atoms with E-state index in [9.17, 15) is 48.3 Å². The van der Waals surface area contributed by atoms with Gasteiger partial charge in [0.15, 0.2) is 0 Å². The zero-order valence-corrected chi connectivity index (χ0v) is 21.9. The molecular weight excluding hydrogens is 604 g/mol. The molecule has 0 bridgehead atoms. The Morgan fingerprint density at radius 3 is 2.42 bits per heavy atom. The number of nitrogens with one attached hydrogen (secondary N) is 1. The number of hydrogen-bond acceptors (Lipinski definition) is 10. The number of fused-ring (bicyclic) bond motifs is 1. The Morgan fingerprint density at radius 2 is 1.80 bits per heavy atom. The minimum atomic E-state index is -6.19. The summed E-state index contributed by atoms with van der Waals surface area (Å²) >= 11 is 0.0904. The summed E-state index contributed by atoms with van der Waals surface area (Å²) in [5.74, 6) is -2.17. The van der Waals surface area contributed by atoms with Crippen LogP contribution in [0.2, 0.25) is 0 Å². The quantitative estimate of drug-likeness (QED) is 0.139. The molecule has 0 atom stereocenters. The lowest BCUT2D eigenvalue weighted by atomic mass is 9.99. The maximum Gasteiger partial charge on any atom is 0.516 e. The second kappa shape index (κ2) is 11.8. The lowest BCUT2D eigenvalue weighted by Crippen LogP contribution is -2.40. The molecule has 0 amide bonds. The summed E-state index contributed by atoms with van der Waals surface area (Å²) in [7, 11) is -5.88. The number of carbonyl (C=O) groups is 1. The van der Waals surface area contributed by atoms with E-state index < -0.39 is 49.6 Å². The average molecular weight is 625 g/mol. The minimum absolute atomic E-state index is 0.0904. The number of azo groups is 1. The number of hydrogen-bond donors (Lipinski definition) is 1. The van der Waals surface area contributed by atoms with Crippen molar-refractivity contribution in [1.29, 1.82) is 0 Å². The highest BCUT2D eigenvalue weighted by Gasteiger charge is 2.62. The first-order valence-electron chi connectivity index (χ1n) is 11.4. The summed E-state index contributed by atoms with van der Waals surface area (Å²) in [4.78, 5) is 13.5. The predicted molar refractivity (Wildman–Crippen MR) is 126 cm³/mol. The van der Waals surface area contributed by atoms with Gasteiger partial charge < -0.3 is 9.64 Å². The molecule has 0 unspecified atom stereocenters. The molecule has 3 rings (SSSR count). The Morgan fingerprint density at radius 1 is 1.10 bits per heavy atom. The maximum absolute atomic E-state index is 13.1. The molecule has 0 spiro atoms. The second-order valence-corrected chi connectivity index (χ2v) is 11.0. The molecule has 20 heteroatoms. The van der Waals surface area contributed by atoms with Gasteiger partial charge in [0.25, 0.3) is 5.13 Å². The molecule has 0 radical (unpaired) electrons. The minimum Gasteiger partial charge on any atom is -0.388 e. The third-order valence-corrected chi connectivity index (χ3v) is 7.26. The number of benzene rings is 1. The van der Waals surface area contributed by atoms with E-state index in [2.05, 4.69) is 25.2 Å². The van der Waals surface area contributed by atoms with Gasteiger partial charge in [0, 0.05) is 18.8 Å². The standard InChI is InChI=1S/C20H20F8N6O4S2/c1-2-3-4-7-34-8-5-6-11-9-12(13(10-14(11)34)33-40(36,37)20(26,27)28)29-31-17-32-30-15(39-17)16(35)38-19(24,25)18(21,22)23/h9-10,33H,2-8H2,1H3. The van der Waals surface area contributed by atoms with Crippen LogP contribution in [0, 0.1) is 0 Å². The fourth-order valence-electron chi connectivity index (χ4n) is 3.50. The molecule has 1 aliphatic heterocycles. The van der Waals surface area contributed by atoms with Crippen LogP contribution >= 0.6 is 11.3 Å². The molecule has 40 heavy (non-hydrogen) atoms. The van der Waals surface area contributed by atoms with E-state index in [1.54, 1.807) is 0 Å². The fourth-order valence-corrected chi connectivity index (χ4v) is 4.61. The number of aromatic nitrogens is 2. The summed E-state index contributed by atoms with van der Waals surface area (Å²) in [6.45, 7) is 3.15. The number of anilines is 2. The van der Waals surface area contributed by atoms with Gasteiger partial charge in [-0.15, -0.1) is 20.4 Å². The molecule has 1 aromatic heterocycles. The average Bonchev–Trinajstić information content (AvgIpc) is 3.30. The van der Waals surface area contributed by atoms with Crippen LogP contribution in [-0.4, -0.2) is 55.5 Å². The van der Waals surface area contributed by atoms with E-state index in [1.165, 1.54) is 16.9 Å². The molecule has 0 fully saturated rings. The van der Waals surface area contributed by atoms with Crippen LogP contribution in [0.1, 0.15) is 48.0 Å². The van der Waals surface area contributed by atoms with Crippen LogP contribution in [0.3, 0.4) is 0 Å². The predicted octanol–water partition coefficient (Wildman–Crippen LogP) is 6.47. The van der Waals surface area contributed by atoms with Gasteiger partial charge in [0.05, 0.1) is 5.69 Å². The Labute approximate surface area is 225 Å². The van der Waals surface area contributed by atoms with E-state index in [1.807, 2.05) is 11.8 Å². The first-order valence-corrected chi connectivity index (χ1v) is 13.7. The number of sulfonamides is 1. The smallest absolute Gasteiger partial charge is 0.388 e. The molecule has 0 saturated carbocycles. The van der Waals surface area contributed by atoms with Crippen molar-refractivity contribution in [3.63, 3.8) is 0 Å². The van der Waals surface area contributed by atoms with Crippen molar-refractivity contribution >= 4 is 49.5 Å². The molecule has 0 aliphatic carbocycles. The van der Waals surface area contributed by atoms with Crippen LogP contribution in [0.25, 0.3) is 0 Å². The number of unbranched alkanes of at least 4 members (excludes halogenated alkanes) is 2. The van der Waals surface area contributed by atoms with Crippen molar-refractivity contribution < 1.29 is 53.1 Å². The van der Waals surface area contributed by atoms with Crippen molar-refractivity contribution in [2.75, 3.05) is 22.7 Å². The number of alkyl halides is 8. The highest BCUT2D eigenvalue weighted by atomic mass is 32.2. The largest absolute Gasteiger partial charge is 0.516 e. The highest BCUT2D eigenvalue weighted by Crippen LogP contribution is 2.40. The highest BCUT2D eigenvalue weighted by molar-refractivity contribution is 7.93. The van der Waals surface area contributed by atoms with Gasteiger partial charge in [-0.25, -0.2) is 4.79 Å². The van der Waals surface area contributed by atoms with E-state index in [0.29, 0.717) is 37.2 Å². The summed E-state index contributed by atoms with van der Waals surface area (Å²) in [5, 5.41) is 12.0. The molecule has 2 aromatic rings. The molecule has 2 heterocycles. The number of aryl methyl sites for hydroxylation is 1. The van der Waals surface area contributed by atoms with Crippen LogP contribution in [-0.2, 0) is 21.2 Å². The van der Waals surface area contributed by atoms with Gasteiger partial charge in [0.1, 0.15) is 5.69 Å². The Balaban J connectivity index is 1.94. The summed E-state index contributed by atoms with van der Waals surface area (Å²) in [5.41, 5.74) is -5.51. The first-order chi connectivity index (χ1) is 18.4. The number of esters is 1. The normalized spacial score (nSPS) is 14.9. The van der Waals surface area contributed by atoms with E-state index in [0.717, 1.165) is 19.3 Å². The zero-order chi connectivity index (χ0) is 29.9. The number of halogens is 8. The molecule has 10 nitrogen and oxygen atoms in total. The third-order valence-electron chi connectivity index (χ3n) is 5.38. The summed E-state index contributed by atoms with van der Waals surface area (Å²) in [6, 6.07) is 2.49. The Kier molecular flexibility index (Phi) is 9.22. The number of nitrogens with zero attached hydrogens (tertiary/aromatic N) is 5. The van der Waals surface area contributed by atoms with E-state index in [-0.39, 0.29) is 17.0 Å². The van der Waals surface area contributed by atoms with Gasteiger partial charge in [-0.3, -0.25) is 4.72 Å². The van der Waals surface area contributed by atoms with Crippen molar-refractivity contribution in [3.05, 3.63) is 22.7 Å². The maximum atomic E-state index is 13.1. The molecule has 1 aromatic carbocycles. The lowest BCUT2D eigenvalue weighted by molar-refractivity contribution is -0.370. The van der Waals surface area contributed by atoms with Crippen LogP contribution in [0.15, 0.2) is 22.4 Å². The number of carbonyl (C=O) groups excluding carboxylic acids is 1. The fraction of sp³-hybridized carbons (Fsp3) is 0.550. The molecule has 1 N–H and O–H groups in total. The van der Waals surface area contributed by atoms with Gasteiger partial charge in [-0.2, -0.15) is 43.5 Å². The molecule has 0 saturated heterocycles. The lowest BCUT2D eigenvalue weighted by Gasteiger charge is -2.32. The Hall–Kier alpha value is -3.16. The third kappa shape index (κ3) is 7.32. The van der Waals surface area contributed by atoms with Crippen LogP contribution in [0.4, 0.5) is 57.3 Å². The molecular formula is C20H20F8N6O4S2. The van der Waals surface area contributed by atoms with Gasteiger partial charge >= 0.3 is 33.8 Å². The SMILES string of the molecule is CCCCCN1CCCc2cc(N=Nc3nnc(C(=O)OC(F)(F)C(F)(F)F)s3)c(NS(=O)(=O)C(F)(F)F)cc21. The second-order valence-electron chi connectivity index (χ2n) is 8.34. The van der Waals surface area contributed by atoms with Crippen molar-refractivity contribution in [1.82, 2.24) is 10.2 Å². The van der Waals surface area contributed by atoms with E-state index >= 15 is 0 Å².